The number of carbonyl (C=O) groups is 1. The molecule has 0 saturated heterocycles. The van der Waals surface area contributed by atoms with Crippen LogP contribution in [0.5, 0.6) is 0 Å². The van der Waals surface area contributed by atoms with Gasteiger partial charge in [0, 0.05) is 31.7 Å². The number of aromatic nitrogens is 2. The number of pyridine rings is 2. The second kappa shape index (κ2) is 5.88. The summed E-state index contributed by atoms with van der Waals surface area (Å²) in [6.45, 7) is 0.850. The molecule has 0 spiro atoms. The van der Waals surface area contributed by atoms with Gasteiger partial charge in [-0.1, -0.05) is 0 Å². The zero-order chi connectivity index (χ0) is 12.8. The number of nitrogens with one attached hydrogen (secondary N) is 1. The molecule has 2 heterocycles. The van der Waals surface area contributed by atoms with Crippen molar-refractivity contribution in [1.29, 1.82) is 0 Å². The average molecular weight is 242 g/mol. The average Bonchev–Trinajstić information content (AvgIpc) is 2.46. The molecule has 5 heteroatoms. The Morgan fingerprint density at radius 1 is 1.17 bits per heavy atom. The van der Waals surface area contributed by atoms with Gasteiger partial charge in [-0.2, -0.15) is 0 Å². The largest absolute Gasteiger partial charge is 0.347 e. The van der Waals surface area contributed by atoms with Gasteiger partial charge in [-0.05, 0) is 35.4 Å². The van der Waals surface area contributed by atoms with Crippen LogP contribution < -0.4 is 11.1 Å². The lowest BCUT2D eigenvalue weighted by atomic mass is 10.2. The molecule has 0 atom stereocenters. The van der Waals surface area contributed by atoms with E-state index in [0.29, 0.717) is 18.8 Å². The van der Waals surface area contributed by atoms with Gasteiger partial charge in [0.25, 0.3) is 5.91 Å². The summed E-state index contributed by atoms with van der Waals surface area (Å²) in [5.41, 5.74) is 7.78. The highest BCUT2D eigenvalue weighted by molar-refractivity contribution is 5.92. The maximum absolute atomic E-state index is 11.9. The highest BCUT2D eigenvalue weighted by Gasteiger charge is 2.07. The zero-order valence-corrected chi connectivity index (χ0v) is 9.84. The van der Waals surface area contributed by atoms with Gasteiger partial charge in [-0.25, -0.2) is 0 Å². The van der Waals surface area contributed by atoms with E-state index >= 15 is 0 Å². The molecule has 5 nitrogen and oxygen atoms in total. The molecule has 1 amide bonds. The molecule has 0 fully saturated rings. The number of amides is 1. The van der Waals surface area contributed by atoms with Crippen LogP contribution in [0.3, 0.4) is 0 Å². The van der Waals surface area contributed by atoms with Gasteiger partial charge < -0.3 is 11.1 Å². The Kier molecular flexibility index (Phi) is 3.98. The molecule has 0 aromatic carbocycles. The van der Waals surface area contributed by atoms with Crippen molar-refractivity contribution in [2.24, 2.45) is 5.73 Å². The Morgan fingerprint density at radius 2 is 1.89 bits per heavy atom. The summed E-state index contributed by atoms with van der Waals surface area (Å²) in [5.74, 6) is -0.206. The number of nitrogens with two attached hydrogens (primary N) is 1. The third-order valence-electron chi connectivity index (χ3n) is 2.50. The molecule has 3 N–H and O–H groups in total. The molecule has 0 aliphatic rings. The lowest BCUT2D eigenvalue weighted by molar-refractivity contribution is 0.0946. The maximum atomic E-state index is 11.9. The molecule has 92 valence electrons. The first-order valence-corrected chi connectivity index (χ1v) is 5.61. The van der Waals surface area contributed by atoms with E-state index in [4.69, 9.17) is 5.73 Å². The molecule has 2 aromatic heterocycles. The molecule has 0 bridgehead atoms. The van der Waals surface area contributed by atoms with E-state index in [9.17, 15) is 4.79 Å². The molecule has 0 saturated carbocycles. The minimum absolute atomic E-state index is 0.206. The van der Waals surface area contributed by atoms with E-state index < -0.39 is 0 Å². The van der Waals surface area contributed by atoms with Crippen molar-refractivity contribution >= 4 is 5.91 Å². The van der Waals surface area contributed by atoms with Crippen LogP contribution in [0.15, 0.2) is 42.9 Å². The fourth-order valence-corrected chi connectivity index (χ4v) is 1.50. The van der Waals surface area contributed by atoms with Crippen LogP contribution in [0, 0.1) is 0 Å². The summed E-state index contributed by atoms with van der Waals surface area (Å²) in [4.78, 5) is 19.8. The second-order valence-corrected chi connectivity index (χ2v) is 3.79. The van der Waals surface area contributed by atoms with Crippen molar-refractivity contribution in [2.45, 2.75) is 13.1 Å². The Bertz CT molecular complexity index is 528. The predicted octanol–water partition coefficient (Wildman–Crippen LogP) is 0.865. The molecule has 0 unspecified atom stereocenters. The Hall–Kier alpha value is -2.27. The first kappa shape index (κ1) is 12.2. The fourth-order valence-electron chi connectivity index (χ4n) is 1.50. The summed E-state index contributed by atoms with van der Waals surface area (Å²) in [5, 5.41) is 2.80. The lowest BCUT2D eigenvalue weighted by Crippen LogP contribution is -2.24. The standard InChI is InChI=1S/C13H14N4O/c14-8-11-3-6-16-12(7-11)13(18)17-9-10-1-4-15-5-2-10/h1-7H,8-9,14H2,(H,17,18). The molecule has 2 aromatic rings. The molecular weight excluding hydrogens is 228 g/mol. The van der Waals surface area contributed by atoms with E-state index in [2.05, 4.69) is 15.3 Å². The zero-order valence-electron chi connectivity index (χ0n) is 9.84. The smallest absolute Gasteiger partial charge is 0.270 e. The molecule has 0 aliphatic heterocycles. The summed E-state index contributed by atoms with van der Waals surface area (Å²) in [6, 6.07) is 7.19. The fraction of sp³-hybridized carbons (Fsp3) is 0.154. The topological polar surface area (TPSA) is 80.9 Å². The van der Waals surface area contributed by atoms with Gasteiger partial charge in [0.1, 0.15) is 5.69 Å². The van der Waals surface area contributed by atoms with Crippen molar-refractivity contribution in [3.8, 4) is 0 Å². The van der Waals surface area contributed by atoms with Gasteiger partial charge in [0.05, 0.1) is 0 Å². The molecule has 0 radical (unpaired) electrons. The number of carbonyl (C=O) groups excluding carboxylic acids is 1. The first-order valence-electron chi connectivity index (χ1n) is 5.61. The monoisotopic (exact) mass is 242 g/mol. The van der Waals surface area contributed by atoms with Crippen LogP contribution in [0.2, 0.25) is 0 Å². The van der Waals surface area contributed by atoms with Gasteiger partial charge >= 0.3 is 0 Å². The van der Waals surface area contributed by atoms with Crippen molar-refractivity contribution in [3.05, 3.63) is 59.7 Å². The van der Waals surface area contributed by atoms with E-state index in [1.807, 2.05) is 12.1 Å². The van der Waals surface area contributed by atoms with Crippen molar-refractivity contribution < 1.29 is 4.79 Å². The van der Waals surface area contributed by atoms with Crippen LogP contribution in [0.25, 0.3) is 0 Å². The summed E-state index contributed by atoms with van der Waals surface area (Å²) >= 11 is 0. The summed E-state index contributed by atoms with van der Waals surface area (Å²) in [7, 11) is 0. The van der Waals surface area contributed by atoms with Crippen molar-refractivity contribution in [1.82, 2.24) is 15.3 Å². The summed E-state index contributed by atoms with van der Waals surface area (Å²) < 4.78 is 0. The van der Waals surface area contributed by atoms with Crippen LogP contribution in [-0.2, 0) is 13.1 Å². The van der Waals surface area contributed by atoms with E-state index in [0.717, 1.165) is 11.1 Å². The predicted molar refractivity (Wildman–Crippen MR) is 67.5 cm³/mol. The summed E-state index contributed by atoms with van der Waals surface area (Å²) in [6.07, 6.45) is 4.97. The highest BCUT2D eigenvalue weighted by atomic mass is 16.1. The maximum Gasteiger partial charge on any atom is 0.270 e. The minimum Gasteiger partial charge on any atom is -0.347 e. The number of nitrogens with zero attached hydrogens (tertiary/aromatic N) is 2. The number of hydrogen-bond donors (Lipinski definition) is 2. The Balaban J connectivity index is 1.99. The van der Waals surface area contributed by atoms with Gasteiger partial charge in [-0.3, -0.25) is 14.8 Å². The number of rotatable bonds is 4. The van der Waals surface area contributed by atoms with Gasteiger partial charge in [0.2, 0.25) is 0 Å². The Labute approximate surface area is 105 Å². The molecular formula is C13H14N4O. The molecule has 2 rings (SSSR count). The third-order valence-corrected chi connectivity index (χ3v) is 2.50. The molecule has 0 aliphatic carbocycles. The van der Waals surface area contributed by atoms with Crippen LogP contribution in [0.4, 0.5) is 0 Å². The van der Waals surface area contributed by atoms with Crippen LogP contribution >= 0.6 is 0 Å². The van der Waals surface area contributed by atoms with Crippen LogP contribution in [0.1, 0.15) is 21.6 Å². The van der Waals surface area contributed by atoms with E-state index in [1.165, 1.54) is 0 Å². The normalized spacial score (nSPS) is 10.1. The quantitative estimate of drug-likeness (QED) is 0.833. The second-order valence-electron chi connectivity index (χ2n) is 3.79. The third kappa shape index (κ3) is 3.11. The highest BCUT2D eigenvalue weighted by Crippen LogP contribution is 2.02. The minimum atomic E-state index is -0.206. The van der Waals surface area contributed by atoms with Crippen molar-refractivity contribution in [3.63, 3.8) is 0 Å². The van der Waals surface area contributed by atoms with E-state index in [1.54, 1.807) is 30.7 Å². The first-order chi connectivity index (χ1) is 8.79. The van der Waals surface area contributed by atoms with Crippen LogP contribution in [-0.4, -0.2) is 15.9 Å². The number of hydrogen-bond acceptors (Lipinski definition) is 4. The lowest BCUT2D eigenvalue weighted by Gasteiger charge is -2.05. The Morgan fingerprint density at radius 3 is 2.61 bits per heavy atom. The SMILES string of the molecule is NCc1ccnc(C(=O)NCc2ccncc2)c1. The van der Waals surface area contributed by atoms with E-state index in [-0.39, 0.29) is 5.91 Å². The molecule has 18 heavy (non-hydrogen) atoms. The van der Waals surface area contributed by atoms with Crippen molar-refractivity contribution in [2.75, 3.05) is 0 Å². The van der Waals surface area contributed by atoms with Gasteiger partial charge in [0.15, 0.2) is 0 Å². The van der Waals surface area contributed by atoms with Gasteiger partial charge in [-0.15, -0.1) is 0 Å².